The SMILES string of the molecule is O=C1CCCC[C@@]1(O)CO. The number of carbonyl (C=O) groups excluding carboxylic acids is 1. The molecular weight excluding hydrogens is 132 g/mol. The molecule has 0 aromatic carbocycles. The first-order valence-electron chi connectivity index (χ1n) is 3.55. The van der Waals surface area contributed by atoms with E-state index in [4.69, 9.17) is 5.11 Å². The molecule has 3 nitrogen and oxygen atoms in total. The third-order valence-corrected chi connectivity index (χ3v) is 2.02. The van der Waals surface area contributed by atoms with Crippen molar-refractivity contribution in [3.63, 3.8) is 0 Å². The molecule has 1 fully saturated rings. The maximum absolute atomic E-state index is 10.9. The van der Waals surface area contributed by atoms with Crippen molar-refractivity contribution in [1.82, 2.24) is 0 Å². The van der Waals surface area contributed by atoms with Gasteiger partial charge in [0.15, 0.2) is 5.78 Å². The predicted octanol–water partition coefficient (Wildman–Crippen LogP) is -0.147. The van der Waals surface area contributed by atoms with Gasteiger partial charge in [0.1, 0.15) is 5.60 Å². The molecule has 1 rings (SSSR count). The van der Waals surface area contributed by atoms with E-state index in [1.54, 1.807) is 0 Å². The molecule has 1 atom stereocenters. The number of rotatable bonds is 1. The van der Waals surface area contributed by atoms with Gasteiger partial charge < -0.3 is 10.2 Å². The highest BCUT2D eigenvalue weighted by Crippen LogP contribution is 2.23. The highest BCUT2D eigenvalue weighted by atomic mass is 16.3. The molecular formula is C7H12O3. The van der Waals surface area contributed by atoms with Crippen LogP contribution in [-0.4, -0.2) is 28.2 Å². The Hall–Kier alpha value is -0.410. The summed E-state index contributed by atoms with van der Waals surface area (Å²) in [6.07, 6.45) is 2.52. The number of ketones is 1. The van der Waals surface area contributed by atoms with E-state index in [0.29, 0.717) is 12.8 Å². The zero-order valence-electron chi connectivity index (χ0n) is 5.84. The van der Waals surface area contributed by atoms with Gasteiger partial charge in [-0.25, -0.2) is 0 Å². The van der Waals surface area contributed by atoms with E-state index in [1.807, 2.05) is 0 Å². The number of aliphatic hydroxyl groups excluding tert-OH is 1. The van der Waals surface area contributed by atoms with Crippen LogP contribution in [0.1, 0.15) is 25.7 Å². The van der Waals surface area contributed by atoms with Crippen molar-refractivity contribution in [3.05, 3.63) is 0 Å². The summed E-state index contributed by atoms with van der Waals surface area (Å²) in [4.78, 5) is 10.9. The lowest BCUT2D eigenvalue weighted by Crippen LogP contribution is -2.44. The quantitative estimate of drug-likeness (QED) is 0.538. The zero-order chi connectivity index (χ0) is 7.61. The second-order valence-corrected chi connectivity index (χ2v) is 2.82. The van der Waals surface area contributed by atoms with Crippen molar-refractivity contribution in [1.29, 1.82) is 0 Å². The molecule has 0 bridgehead atoms. The molecule has 3 heteroatoms. The lowest BCUT2D eigenvalue weighted by Gasteiger charge is -2.27. The molecule has 58 valence electrons. The molecule has 0 saturated heterocycles. The van der Waals surface area contributed by atoms with Gasteiger partial charge in [-0.15, -0.1) is 0 Å². The van der Waals surface area contributed by atoms with Crippen molar-refractivity contribution in [3.8, 4) is 0 Å². The van der Waals surface area contributed by atoms with E-state index >= 15 is 0 Å². The van der Waals surface area contributed by atoms with Crippen LogP contribution in [0.5, 0.6) is 0 Å². The third-order valence-electron chi connectivity index (χ3n) is 2.02. The molecule has 0 amide bonds. The maximum atomic E-state index is 10.9. The highest BCUT2D eigenvalue weighted by Gasteiger charge is 2.36. The minimum atomic E-state index is -1.40. The smallest absolute Gasteiger partial charge is 0.166 e. The summed E-state index contributed by atoms with van der Waals surface area (Å²) < 4.78 is 0. The number of hydrogen-bond acceptors (Lipinski definition) is 3. The first-order valence-corrected chi connectivity index (χ1v) is 3.55. The van der Waals surface area contributed by atoms with Gasteiger partial charge in [0.05, 0.1) is 6.61 Å². The van der Waals surface area contributed by atoms with Gasteiger partial charge in [-0.3, -0.25) is 4.79 Å². The summed E-state index contributed by atoms with van der Waals surface area (Å²) in [5, 5.41) is 18.0. The van der Waals surface area contributed by atoms with Gasteiger partial charge >= 0.3 is 0 Å². The van der Waals surface area contributed by atoms with Crippen molar-refractivity contribution >= 4 is 5.78 Å². The Bertz CT molecular complexity index is 144. The average Bonchev–Trinajstić information content (AvgIpc) is 1.96. The molecule has 0 aromatic heterocycles. The van der Waals surface area contributed by atoms with Crippen LogP contribution in [0.25, 0.3) is 0 Å². The zero-order valence-corrected chi connectivity index (χ0v) is 5.84. The standard InChI is InChI=1S/C7H12O3/c8-5-7(10)4-2-1-3-6(7)9/h8,10H,1-5H2/t7-/m1/s1. The summed E-state index contributed by atoms with van der Waals surface area (Å²) in [6, 6.07) is 0. The summed E-state index contributed by atoms with van der Waals surface area (Å²) >= 11 is 0. The molecule has 0 heterocycles. The normalized spacial score (nSPS) is 34.4. The maximum Gasteiger partial charge on any atom is 0.166 e. The van der Waals surface area contributed by atoms with Gasteiger partial charge in [-0.1, -0.05) is 0 Å². The van der Waals surface area contributed by atoms with E-state index in [9.17, 15) is 9.90 Å². The first-order chi connectivity index (χ1) is 4.69. The van der Waals surface area contributed by atoms with Crippen LogP contribution in [0.3, 0.4) is 0 Å². The number of aliphatic hydroxyl groups is 2. The van der Waals surface area contributed by atoms with E-state index in [2.05, 4.69) is 0 Å². The molecule has 1 saturated carbocycles. The van der Waals surface area contributed by atoms with E-state index in [-0.39, 0.29) is 5.78 Å². The van der Waals surface area contributed by atoms with Crippen LogP contribution in [0.4, 0.5) is 0 Å². The van der Waals surface area contributed by atoms with Crippen molar-refractivity contribution in [2.24, 2.45) is 0 Å². The Labute approximate surface area is 59.7 Å². The molecule has 1 aliphatic carbocycles. The Morgan fingerprint density at radius 2 is 2.20 bits per heavy atom. The van der Waals surface area contributed by atoms with Crippen LogP contribution in [0.15, 0.2) is 0 Å². The van der Waals surface area contributed by atoms with Gasteiger partial charge in [0.25, 0.3) is 0 Å². The van der Waals surface area contributed by atoms with Gasteiger partial charge in [0.2, 0.25) is 0 Å². The predicted molar refractivity (Wildman–Crippen MR) is 35.5 cm³/mol. The molecule has 0 radical (unpaired) electrons. The van der Waals surface area contributed by atoms with E-state index in [1.165, 1.54) is 0 Å². The number of hydrogen-bond donors (Lipinski definition) is 2. The van der Waals surface area contributed by atoms with E-state index in [0.717, 1.165) is 12.8 Å². The fourth-order valence-electron chi connectivity index (χ4n) is 1.24. The van der Waals surface area contributed by atoms with Gasteiger partial charge in [-0.2, -0.15) is 0 Å². The van der Waals surface area contributed by atoms with Crippen LogP contribution >= 0.6 is 0 Å². The topological polar surface area (TPSA) is 57.5 Å². The van der Waals surface area contributed by atoms with Crippen LogP contribution in [0, 0.1) is 0 Å². The first kappa shape index (κ1) is 7.69. The second-order valence-electron chi connectivity index (χ2n) is 2.82. The van der Waals surface area contributed by atoms with Crippen LogP contribution in [-0.2, 0) is 4.79 Å². The Morgan fingerprint density at radius 1 is 1.50 bits per heavy atom. The Morgan fingerprint density at radius 3 is 2.60 bits per heavy atom. The fourth-order valence-corrected chi connectivity index (χ4v) is 1.24. The monoisotopic (exact) mass is 144 g/mol. The second kappa shape index (κ2) is 2.68. The Balaban J connectivity index is 2.63. The summed E-state index contributed by atoms with van der Waals surface area (Å²) in [7, 11) is 0. The lowest BCUT2D eigenvalue weighted by atomic mass is 9.84. The summed E-state index contributed by atoms with van der Waals surface area (Å²) in [6.45, 7) is -0.425. The third kappa shape index (κ3) is 1.20. The summed E-state index contributed by atoms with van der Waals surface area (Å²) in [5.41, 5.74) is -1.40. The molecule has 0 spiro atoms. The van der Waals surface area contributed by atoms with E-state index < -0.39 is 12.2 Å². The largest absolute Gasteiger partial charge is 0.393 e. The molecule has 0 unspecified atom stereocenters. The van der Waals surface area contributed by atoms with Crippen LogP contribution in [0.2, 0.25) is 0 Å². The number of carbonyl (C=O) groups is 1. The molecule has 2 N–H and O–H groups in total. The average molecular weight is 144 g/mol. The molecule has 1 aliphatic rings. The van der Waals surface area contributed by atoms with Gasteiger partial charge in [0, 0.05) is 6.42 Å². The lowest BCUT2D eigenvalue weighted by molar-refractivity contribution is -0.145. The van der Waals surface area contributed by atoms with Crippen molar-refractivity contribution in [2.45, 2.75) is 31.3 Å². The van der Waals surface area contributed by atoms with Crippen molar-refractivity contribution < 1.29 is 15.0 Å². The minimum absolute atomic E-state index is 0.207. The molecule has 10 heavy (non-hydrogen) atoms. The summed E-state index contributed by atoms with van der Waals surface area (Å²) in [5.74, 6) is -0.207. The van der Waals surface area contributed by atoms with Crippen LogP contribution < -0.4 is 0 Å². The van der Waals surface area contributed by atoms with Crippen molar-refractivity contribution in [2.75, 3.05) is 6.61 Å². The number of Topliss-reactive ketones (excluding diaryl/α,β-unsaturated/α-hetero) is 1. The van der Waals surface area contributed by atoms with Gasteiger partial charge in [-0.05, 0) is 19.3 Å². The molecule has 0 aliphatic heterocycles. The highest BCUT2D eigenvalue weighted by molar-refractivity contribution is 5.87. The Kier molecular flexibility index (Phi) is 2.06. The minimum Gasteiger partial charge on any atom is -0.393 e. The fraction of sp³-hybridized carbons (Fsp3) is 0.857. The molecule has 0 aromatic rings.